The van der Waals surface area contributed by atoms with E-state index in [2.05, 4.69) is 32.9 Å². The van der Waals surface area contributed by atoms with Crippen LogP contribution in [0.1, 0.15) is 36.0 Å². The summed E-state index contributed by atoms with van der Waals surface area (Å²) in [6.07, 6.45) is 4.76. The zero-order valence-corrected chi connectivity index (χ0v) is 20.2. The van der Waals surface area contributed by atoms with Gasteiger partial charge in [0.15, 0.2) is 11.0 Å². The van der Waals surface area contributed by atoms with Gasteiger partial charge in [-0.2, -0.15) is 8.42 Å². The minimum Gasteiger partial charge on any atom is -0.355 e. The van der Waals surface area contributed by atoms with Crippen LogP contribution >= 0.6 is 11.3 Å². The van der Waals surface area contributed by atoms with Crippen LogP contribution in [0.2, 0.25) is 0 Å². The van der Waals surface area contributed by atoms with Gasteiger partial charge in [-0.1, -0.05) is 24.3 Å². The number of nitrogens with zero attached hydrogens (tertiary/aromatic N) is 3. The number of rotatable bonds is 3. The molecule has 3 heterocycles. The summed E-state index contributed by atoms with van der Waals surface area (Å²) in [7, 11) is -3.64. The lowest BCUT2D eigenvalue weighted by molar-refractivity contribution is -0.120. The minimum atomic E-state index is -3.64. The van der Waals surface area contributed by atoms with Crippen LogP contribution in [0, 0.1) is 5.92 Å². The molecule has 0 unspecified atom stereocenters. The SMILES string of the molecule is O=C(Nc1nc(-c2ccc3c(c2)CCC3)cs1)C1CCN(C2=NS(=O)(=O)c3ccccc32)CC1. The number of nitrogens with one attached hydrogen (secondary N) is 1. The van der Waals surface area contributed by atoms with Crippen molar-refractivity contribution in [3.05, 3.63) is 64.5 Å². The van der Waals surface area contributed by atoms with Gasteiger partial charge in [0.1, 0.15) is 4.90 Å². The molecule has 7 nitrogen and oxygen atoms in total. The van der Waals surface area contributed by atoms with Gasteiger partial charge in [0.2, 0.25) is 5.91 Å². The van der Waals surface area contributed by atoms with Crippen LogP contribution in [-0.4, -0.2) is 43.1 Å². The molecule has 0 saturated carbocycles. The Labute approximate surface area is 202 Å². The van der Waals surface area contributed by atoms with E-state index in [4.69, 9.17) is 0 Å². The number of carbonyl (C=O) groups excluding carboxylic acids is 1. The summed E-state index contributed by atoms with van der Waals surface area (Å²) >= 11 is 1.44. The Balaban J connectivity index is 1.10. The van der Waals surface area contributed by atoms with Crippen molar-refractivity contribution in [1.29, 1.82) is 0 Å². The van der Waals surface area contributed by atoms with E-state index in [-0.39, 0.29) is 16.7 Å². The van der Waals surface area contributed by atoms with Gasteiger partial charge in [-0.25, -0.2) is 4.98 Å². The van der Waals surface area contributed by atoms with Crippen molar-refractivity contribution in [1.82, 2.24) is 9.88 Å². The van der Waals surface area contributed by atoms with E-state index in [9.17, 15) is 13.2 Å². The molecule has 2 aromatic carbocycles. The number of hydrogen-bond donors (Lipinski definition) is 1. The normalized spacial score (nSPS) is 18.9. The first-order valence-corrected chi connectivity index (χ1v) is 13.9. The summed E-state index contributed by atoms with van der Waals surface area (Å²) in [5.74, 6) is 0.321. The van der Waals surface area contributed by atoms with Gasteiger partial charge in [0, 0.05) is 35.5 Å². The molecule has 1 fully saturated rings. The lowest BCUT2D eigenvalue weighted by atomic mass is 9.95. The van der Waals surface area contributed by atoms with Gasteiger partial charge < -0.3 is 10.2 Å². The van der Waals surface area contributed by atoms with Gasteiger partial charge in [0.05, 0.1) is 5.69 Å². The molecule has 0 atom stereocenters. The van der Waals surface area contributed by atoms with Crippen molar-refractivity contribution in [3.63, 3.8) is 0 Å². The highest BCUT2D eigenvalue weighted by Gasteiger charge is 2.34. The maximum atomic E-state index is 12.9. The van der Waals surface area contributed by atoms with E-state index in [1.165, 1.54) is 28.9 Å². The predicted octanol–water partition coefficient (Wildman–Crippen LogP) is 4.10. The summed E-state index contributed by atoms with van der Waals surface area (Å²) in [5.41, 5.74) is 5.48. The number of piperidine rings is 1. The second-order valence-electron chi connectivity index (χ2n) is 9.01. The van der Waals surface area contributed by atoms with Gasteiger partial charge >= 0.3 is 0 Å². The molecule has 174 valence electrons. The molecule has 0 radical (unpaired) electrons. The third-order valence-electron chi connectivity index (χ3n) is 6.91. The van der Waals surface area contributed by atoms with Gasteiger partial charge in [-0.05, 0) is 61.4 Å². The lowest BCUT2D eigenvalue weighted by Crippen LogP contribution is -2.41. The molecule has 1 amide bonds. The zero-order chi connectivity index (χ0) is 23.3. The molecule has 0 bridgehead atoms. The highest BCUT2D eigenvalue weighted by molar-refractivity contribution is 7.90. The smallest absolute Gasteiger partial charge is 0.285 e. The quantitative estimate of drug-likeness (QED) is 0.594. The van der Waals surface area contributed by atoms with Crippen molar-refractivity contribution >= 4 is 38.2 Å². The number of carbonyl (C=O) groups is 1. The summed E-state index contributed by atoms with van der Waals surface area (Å²) < 4.78 is 28.7. The molecule has 6 rings (SSSR count). The number of hydrogen-bond acceptors (Lipinski definition) is 6. The molecular weight excluding hydrogens is 468 g/mol. The summed E-state index contributed by atoms with van der Waals surface area (Å²) in [4.78, 5) is 19.8. The summed E-state index contributed by atoms with van der Waals surface area (Å²) in [6, 6.07) is 13.4. The van der Waals surface area contributed by atoms with Gasteiger partial charge in [-0.3, -0.25) is 4.79 Å². The third kappa shape index (κ3) is 3.82. The average Bonchev–Trinajstić information content (AvgIpc) is 3.57. The maximum absolute atomic E-state index is 12.9. The molecule has 2 aliphatic heterocycles. The summed E-state index contributed by atoms with van der Waals surface area (Å²) in [5, 5.41) is 5.60. The Kier molecular flexibility index (Phi) is 5.26. The van der Waals surface area contributed by atoms with E-state index < -0.39 is 10.0 Å². The number of aromatic nitrogens is 1. The molecule has 34 heavy (non-hydrogen) atoms. The molecule has 1 aromatic heterocycles. The van der Waals surface area contributed by atoms with Crippen LogP contribution in [-0.2, 0) is 27.7 Å². The van der Waals surface area contributed by atoms with Gasteiger partial charge in [-0.15, -0.1) is 15.7 Å². The Bertz CT molecular complexity index is 1420. The van der Waals surface area contributed by atoms with Gasteiger partial charge in [0.25, 0.3) is 10.0 Å². The number of fused-ring (bicyclic) bond motifs is 2. The summed E-state index contributed by atoms with van der Waals surface area (Å²) in [6.45, 7) is 1.16. The number of thiazole rings is 1. The van der Waals surface area contributed by atoms with Crippen LogP contribution in [0.4, 0.5) is 5.13 Å². The molecule has 1 saturated heterocycles. The average molecular weight is 493 g/mol. The fraction of sp³-hybridized carbons (Fsp3) is 0.320. The van der Waals surface area contributed by atoms with Crippen LogP contribution in [0.5, 0.6) is 0 Å². The lowest BCUT2D eigenvalue weighted by Gasteiger charge is -2.32. The molecular formula is C25H24N4O3S2. The van der Waals surface area contributed by atoms with E-state index in [1.54, 1.807) is 18.2 Å². The fourth-order valence-corrected chi connectivity index (χ4v) is 7.02. The van der Waals surface area contributed by atoms with Crippen molar-refractivity contribution in [2.75, 3.05) is 18.4 Å². The minimum absolute atomic E-state index is 0.0316. The Morgan fingerprint density at radius 2 is 1.85 bits per heavy atom. The topological polar surface area (TPSA) is 91.7 Å². The highest BCUT2D eigenvalue weighted by atomic mass is 32.2. The first kappa shape index (κ1) is 21.5. The first-order valence-electron chi connectivity index (χ1n) is 11.6. The third-order valence-corrected chi connectivity index (χ3v) is 8.99. The molecule has 1 N–H and O–H groups in total. The highest BCUT2D eigenvalue weighted by Crippen LogP contribution is 2.32. The number of amidine groups is 1. The van der Waals surface area contributed by atoms with E-state index in [1.807, 2.05) is 16.3 Å². The van der Waals surface area contributed by atoms with E-state index >= 15 is 0 Å². The van der Waals surface area contributed by atoms with Crippen molar-refractivity contribution < 1.29 is 13.2 Å². The molecule has 9 heteroatoms. The predicted molar refractivity (Wildman–Crippen MR) is 133 cm³/mol. The first-order chi connectivity index (χ1) is 16.5. The maximum Gasteiger partial charge on any atom is 0.285 e. The molecule has 1 aliphatic carbocycles. The second-order valence-corrected chi connectivity index (χ2v) is 11.4. The Morgan fingerprint density at radius 1 is 1.06 bits per heavy atom. The molecule has 3 aliphatic rings. The number of aryl methyl sites for hydroxylation is 2. The number of likely N-dealkylation sites (tertiary alicyclic amines) is 1. The monoisotopic (exact) mass is 492 g/mol. The number of amides is 1. The van der Waals surface area contributed by atoms with E-state index in [0.717, 1.165) is 24.1 Å². The Morgan fingerprint density at radius 3 is 2.71 bits per heavy atom. The molecule has 0 spiro atoms. The number of sulfonamides is 1. The van der Waals surface area contributed by atoms with Crippen LogP contribution in [0.3, 0.4) is 0 Å². The van der Waals surface area contributed by atoms with Crippen molar-refractivity contribution in [3.8, 4) is 11.3 Å². The van der Waals surface area contributed by atoms with E-state index in [0.29, 0.717) is 42.5 Å². The van der Waals surface area contributed by atoms with Crippen molar-refractivity contribution in [2.45, 2.75) is 37.0 Å². The fourth-order valence-electron chi connectivity index (χ4n) is 5.07. The van der Waals surface area contributed by atoms with Crippen LogP contribution in [0.25, 0.3) is 11.3 Å². The van der Waals surface area contributed by atoms with Crippen LogP contribution < -0.4 is 5.32 Å². The van der Waals surface area contributed by atoms with Crippen molar-refractivity contribution in [2.24, 2.45) is 10.3 Å². The zero-order valence-electron chi connectivity index (χ0n) is 18.5. The van der Waals surface area contributed by atoms with Crippen LogP contribution in [0.15, 0.2) is 57.1 Å². The molecule has 3 aromatic rings. The Hall–Kier alpha value is -3.04. The largest absolute Gasteiger partial charge is 0.355 e. The number of anilines is 1. The standard InChI is InChI=1S/C25H24N4O3S2/c30-24(27-25-26-21(15-33-25)19-9-8-16-4-3-5-18(16)14-19)17-10-12-29(13-11-17)23-20-6-1-2-7-22(20)34(31,32)28-23/h1-2,6-9,14-15,17H,3-5,10-13H2,(H,26,27,30). The number of benzene rings is 2. The second kappa shape index (κ2) is 8.32.